The highest BCUT2D eigenvalue weighted by Crippen LogP contribution is 2.23. The third-order valence-corrected chi connectivity index (χ3v) is 3.79. The first kappa shape index (κ1) is 13.8. The van der Waals surface area contributed by atoms with Crippen molar-refractivity contribution in [2.24, 2.45) is 0 Å². The number of ether oxygens (including phenoxy) is 1. The van der Waals surface area contributed by atoms with Gasteiger partial charge in [-0.2, -0.15) is 0 Å². The third kappa shape index (κ3) is 2.83. The molecule has 0 saturated carbocycles. The number of hydrogen-bond donors (Lipinski definition) is 1. The van der Waals surface area contributed by atoms with Gasteiger partial charge < -0.3 is 10.1 Å². The molecule has 3 heteroatoms. The second kappa shape index (κ2) is 6.10. The summed E-state index contributed by atoms with van der Waals surface area (Å²) in [6, 6.07) is 13.4. The smallest absolute Gasteiger partial charge is 0.193 e. The molecule has 0 spiro atoms. The van der Waals surface area contributed by atoms with Crippen LogP contribution in [0.3, 0.4) is 0 Å². The van der Waals surface area contributed by atoms with E-state index in [4.69, 9.17) is 4.74 Å². The Labute approximate surface area is 124 Å². The van der Waals surface area contributed by atoms with Crippen LogP contribution in [0.1, 0.15) is 34.0 Å². The summed E-state index contributed by atoms with van der Waals surface area (Å²) in [6.45, 7) is 4.31. The Morgan fingerprint density at radius 1 is 1.24 bits per heavy atom. The van der Waals surface area contributed by atoms with Crippen LogP contribution in [-0.2, 0) is 13.0 Å². The van der Waals surface area contributed by atoms with Gasteiger partial charge in [-0.25, -0.2) is 0 Å². The van der Waals surface area contributed by atoms with E-state index >= 15 is 0 Å². The van der Waals surface area contributed by atoms with E-state index < -0.39 is 0 Å². The fourth-order valence-electron chi connectivity index (χ4n) is 2.79. The van der Waals surface area contributed by atoms with E-state index in [1.165, 1.54) is 11.1 Å². The maximum absolute atomic E-state index is 12.8. The van der Waals surface area contributed by atoms with Crippen LogP contribution in [0.15, 0.2) is 42.5 Å². The average Bonchev–Trinajstić information content (AvgIpc) is 2.54. The molecule has 0 bridgehead atoms. The molecule has 3 rings (SSSR count). The summed E-state index contributed by atoms with van der Waals surface area (Å²) in [7, 11) is 0. The minimum Gasteiger partial charge on any atom is -0.494 e. The van der Waals surface area contributed by atoms with Crippen LogP contribution >= 0.6 is 0 Å². The molecule has 0 unspecified atom stereocenters. The van der Waals surface area contributed by atoms with Crippen molar-refractivity contribution in [1.82, 2.24) is 5.32 Å². The molecule has 0 atom stereocenters. The predicted molar refractivity (Wildman–Crippen MR) is 82.9 cm³/mol. The third-order valence-electron chi connectivity index (χ3n) is 3.79. The summed E-state index contributed by atoms with van der Waals surface area (Å²) in [5, 5.41) is 3.34. The number of fused-ring (bicyclic) bond motifs is 1. The van der Waals surface area contributed by atoms with Gasteiger partial charge in [-0.05, 0) is 43.1 Å². The number of rotatable bonds is 4. The van der Waals surface area contributed by atoms with Gasteiger partial charge in [-0.3, -0.25) is 4.79 Å². The van der Waals surface area contributed by atoms with Crippen molar-refractivity contribution in [3.8, 4) is 5.75 Å². The largest absolute Gasteiger partial charge is 0.494 e. The van der Waals surface area contributed by atoms with Crippen molar-refractivity contribution >= 4 is 5.78 Å². The van der Waals surface area contributed by atoms with Crippen LogP contribution in [0.25, 0.3) is 0 Å². The number of benzene rings is 2. The summed E-state index contributed by atoms with van der Waals surface area (Å²) in [4.78, 5) is 12.8. The molecule has 1 aliphatic heterocycles. The second-order valence-electron chi connectivity index (χ2n) is 5.16. The first-order valence-corrected chi connectivity index (χ1v) is 7.38. The molecule has 21 heavy (non-hydrogen) atoms. The van der Waals surface area contributed by atoms with Crippen molar-refractivity contribution in [2.75, 3.05) is 13.2 Å². The summed E-state index contributed by atoms with van der Waals surface area (Å²) >= 11 is 0. The SMILES string of the molecule is CCOc1cccc(C(=O)c2cccc3c2CCNC3)c1. The van der Waals surface area contributed by atoms with Crippen molar-refractivity contribution in [1.29, 1.82) is 0 Å². The average molecular weight is 281 g/mol. The Hall–Kier alpha value is -2.13. The molecule has 0 fully saturated rings. The molecule has 0 amide bonds. The summed E-state index contributed by atoms with van der Waals surface area (Å²) in [5.74, 6) is 0.824. The van der Waals surface area contributed by atoms with Crippen molar-refractivity contribution in [3.63, 3.8) is 0 Å². The molecule has 2 aromatic carbocycles. The quantitative estimate of drug-likeness (QED) is 0.876. The first-order chi connectivity index (χ1) is 10.3. The van der Waals surface area contributed by atoms with E-state index in [0.29, 0.717) is 12.2 Å². The van der Waals surface area contributed by atoms with Crippen LogP contribution in [0.4, 0.5) is 0 Å². The molecule has 1 heterocycles. The van der Waals surface area contributed by atoms with E-state index in [2.05, 4.69) is 11.4 Å². The topological polar surface area (TPSA) is 38.3 Å². The molecule has 108 valence electrons. The van der Waals surface area contributed by atoms with E-state index in [1.54, 1.807) is 0 Å². The minimum atomic E-state index is 0.0790. The molecule has 3 nitrogen and oxygen atoms in total. The fourth-order valence-corrected chi connectivity index (χ4v) is 2.79. The van der Waals surface area contributed by atoms with Gasteiger partial charge in [-0.15, -0.1) is 0 Å². The van der Waals surface area contributed by atoms with Gasteiger partial charge in [0.1, 0.15) is 5.75 Å². The van der Waals surface area contributed by atoms with E-state index in [9.17, 15) is 4.79 Å². The zero-order valence-electron chi connectivity index (χ0n) is 12.2. The van der Waals surface area contributed by atoms with Gasteiger partial charge in [0, 0.05) is 17.7 Å². The van der Waals surface area contributed by atoms with Gasteiger partial charge >= 0.3 is 0 Å². The molecule has 0 saturated heterocycles. The summed E-state index contributed by atoms with van der Waals surface area (Å²) < 4.78 is 5.48. The zero-order chi connectivity index (χ0) is 14.7. The lowest BCUT2D eigenvalue weighted by Crippen LogP contribution is -2.25. The maximum Gasteiger partial charge on any atom is 0.193 e. The Bertz CT molecular complexity index is 664. The Morgan fingerprint density at radius 2 is 2.10 bits per heavy atom. The molecule has 1 aliphatic rings. The van der Waals surface area contributed by atoms with Crippen molar-refractivity contribution in [3.05, 3.63) is 64.7 Å². The van der Waals surface area contributed by atoms with Crippen LogP contribution in [-0.4, -0.2) is 18.9 Å². The van der Waals surface area contributed by atoms with Crippen LogP contribution in [0, 0.1) is 0 Å². The Kier molecular flexibility index (Phi) is 4.02. The lowest BCUT2D eigenvalue weighted by Gasteiger charge is -2.19. The molecule has 0 aliphatic carbocycles. The van der Waals surface area contributed by atoms with Gasteiger partial charge in [0.25, 0.3) is 0 Å². The van der Waals surface area contributed by atoms with Gasteiger partial charge in [0.2, 0.25) is 0 Å². The highest BCUT2D eigenvalue weighted by atomic mass is 16.5. The number of ketones is 1. The van der Waals surface area contributed by atoms with E-state index in [0.717, 1.165) is 30.8 Å². The molecular formula is C18H19NO2. The predicted octanol–water partition coefficient (Wildman–Crippen LogP) is 2.96. The number of hydrogen-bond acceptors (Lipinski definition) is 3. The lowest BCUT2D eigenvalue weighted by molar-refractivity contribution is 0.103. The number of carbonyl (C=O) groups is 1. The number of carbonyl (C=O) groups excluding carboxylic acids is 1. The van der Waals surface area contributed by atoms with Crippen LogP contribution in [0.5, 0.6) is 5.75 Å². The highest BCUT2D eigenvalue weighted by Gasteiger charge is 2.18. The van der Waals surface area contributed by atoms with E-state index in [-0.39, 0.29) is 5.78 Å². The van der Waals surface area contributed by atoms with Gasteiger partial charge in [-0.1, -0.05) is 30.3 Å². The Morgan fingerprint density at radius 3 is 2.95 bits per heavy atom. The summed E-state index contributed by atoms with van der Waals surface area (Å²) in [5.41, 5.74) is 3.92. The molecule has 0 aromatic heterocycles. The van der Waals surface area contributed by atoms with Crippen molar-refractivity contribution < 1.29 is 9.53 Å². The van der Waals surface area contributed by atoms with Gasteiger partial charge in [0.05, 0.1) is 6.61 Å². The number of nitrogens with one attached hydrogen (secondary N) is 1. The van der Waals surface area contributed by atoms with Crippen LogP contribution in [0.2, 0.25) is 0 Å². The molecule has 2 aromatic rings. The van der Waals surface area contributed by atoms with E-state index in [1.807, 2.05) is 43.3 Å². The first-order valence-electron chi connectivity index (χ1n) is 7.38. The highest BCUT2D eigenvalue weighted by molar-refractivity contribution is 6.10. The van der Waals surface area contributed by atoms with Gasteiger partial charge in [0.15, 0.2) is 5.78 Å². The molecule has 1 N–H and O–H groups in total. The summed E-state index contributed by atoms with van der Waals surface area (Å²) in [6.07, 6.45) is 0.905. The maximum atomic E-state index is 12.8. The lowest BCUT2D eigenvalue weighted by atomic mass is 9.91. The Balaban J connectivity index is 1.97. The minimum absolute atomic E-state index is 0.0790. The second-order valence-corrected chi connectivity index (χ2v) is 5.16. The normalized spacial score (nSPS) is 13.6. The fraction of sp³-hybridized carbons (Fsp3) is 0.278. The van der Waals surface area contributed by atoms with Crippen molar-refractivity contribution in [2.45, 2.75) is 19.9 Å². The molecule has 0 radical (unpaired) electrons. The zero-order valence-corrected chi connectivity index (χ0v) is 12.2. The van der Waals surface area contributed by atoms with Crippen LogP contribution < -0.4 is 10.1 Å². The standard InChI is InChI=1S/C18H19NO2/c1-2-21-15-7-3-5-13(11-15)18(20)17-8-4-6-14-12-19-10-9-16(14)17/h3-8,11,19H,2,9-10,12H2,1H3. The monoisotopic (exact) mass is 281 g/mol. The molecular weight excluding hydrogens is 262 g/mol.